The fourth-order valence-electron chi connectivity index (χ4n) is 3.30. The van der Waals surface area contributed by atoms with E-state index in [-0.39, 0.29) is 11.8 Å². The standard InChI is InChI=1S/C23H26N4O2S/c1-5-14-27-20-13-10-18(24-16(4)28)15-21(20)30-23(27)25-22(29)17-8-11-19(12-9-17)26(6-2)7-3/h5,8-13,15H,1,6-7,14H2,2-4H3,(H,24,28). The summed E-state index contributed by atoms with van der Waals surface area (Å²) in [6.45, 7) is 11.9. The average Bonchev–Trinajstić information content (AvgIpc) is 3.05. The molecular formula is C23H26N4O2S. The highest BCUT2D eigenvalue weighted by molar-refractivity contribution is 7.16. The predicted octanol–water partition coefficient (Wildman–Crippen LogP) is 4.43. The number of nitrogens with one attached hydrogen (secondary N) is 1. The van der Waals surface area contributed by atoms with Gasteiger partial charge in [0.05, 0.1) is 10.2 Å². The van der Waals surface area contributed by atoms with Crippen LogP contribution in [0.25, 0.3) is 10.2 Å². The quantitative estimate of drug-likeness (QED) is 0.573. The van der Waals surface area contributed by atoms with Crippen molar-refractivity contribution < 1.29 is 9.59 Å². The highest BCUT2D eigenvalue weighted by atomic mass is 32.1. The Hall–Kier alpha value is -3.19. The van der Waals surface area contributed by atoms with Gasteiger partial charge in [0.2, 0.25) is 5.91 Å². The molecule has 0 saturated carbocycles. The topological polar surface area (TPSA) is 66.7 Å². The van der Waals surface area contributed by atoms with Gasteiger partial charge in [-0.1, -0.05) is 17.4 Å². The Balaban J connectivity index is 1.99. The summed E-state index contributed by atoms with van der Waals surface area (Å²) in [5.41, 5.74) is 3.29. The van der Waals surface area contributed by atoms with Gasteiger partial charge in [0.1, 0.15) is 0 Å². The largest absolute Gasteiger partial charge is 0.372 e. The number of fused-ring (bicyclic) bond motifs is 1. The summed E-state index contributed by atoms with van der Waals surface area (Å²) in [6, 6.07) is 13.2. The van der Waals surface area contributed by atoms with Crippen molar-refractivity contribution in [1.29, 1.82) is 0 Å². The maximum absolute atomic E-state index is 12.8. The summed E-state index contributed by atoms with van der Waals surface area (Å²) in [6.07, 6.45) is 1.77. The maximum Gasteiger partial charge on any atom is 0.279 e. The second-order valence-corrected chi connectivity index (χ2v) is 7.79. The Morgan fingerprint density at radius 1 is 1.17 bits per heavy atom. The molecule has 30 heavy (non-hydrogen) atoms. The second-order valence-electron chi connectivity index (χ2n) is 6.78. The summed E-state index contributed by atoms with van der Waals surface area (Å²) in [7, 11) is 0. The lowest BCUT2D eigenvalue weighted by molar-refractivity contribution is -0.114. The van der Waals surface area contributed by atoms with Crippen LogP contribution in [0.2, 0.25) is 0 Å². The molecule has 156 valence electrons. The van der Waals surface area contributed by atoms with Crippen LogP contribution in [0.5, 0.6) is 0 Å². The summed E-state index contributed by atoms with van der Waals surface area (Å²) >= 11 is 1.41. The van der Waals surface area contributed by atoms with Gasteiger partial charge in [0, 0.05) is 43.5 Å². The average molecular weight is 423 g/mol. The molecule has 3 aromatic rings. The third kappa shape index (κ3) is 4.68. The van der Waals surface area contributed by atoms with Gasteiger partial charge in [-0.15, -0.1) is 6.58 Å². The molecule has 2 amide bonds. The fraction of sp³-hybridized carbons (Fsp3) is 0.261. The van der Waals surface area contributed by atoms with E-state index in [1.807, 2.05) is 47.0 Å². The molecule has 2 aromatic carbocycles. The molecular weight excluding hydrogens is 396 g/mol. The molecule has 0 aliphatic carbocycles. The zero-order chi connectivity index (χ0) is 21.7. The van der Waals surface area contributed by atoms with Gasteiger partial charge in [-0.25, -0.2) is 0 Å². The molecule has 0 radical (unpaired) electrons. The normalized spacial score (nSPS) is 11.5. The van der Waals surface area contributed by atoms with Crippen molar-refractivity contribution in [2.24, 2.45) is 4.99 Å². The minimum Gasteiger partial charge on any atom is -0.372 e. The predicted molar refractivity (Wildman–Crippen MR) is 124 cm³/mol. The summed E-state index contributed by atoms with van der Waals surface area (Å²) < 4.78 is 2.89. The van der Waals surface area contributed by atoms with Crippen LogP contribution < -0.4 is 15.0 Å². The number of rotatable bonds is 7. The first kappa shape index (κ1) is 21.5. The Kier molecular flexibility index (Phi) is 6.84. The molecule has 0 spiro atoms. The van der Waals surface area contributed by atoms with Crippen LogP contribution in [0.4, 0.5) is 11.4 Å². The highest BCUT2D eigenvalue weighted by Crippen LogP contribution is 2.22. The zero-order valence-corrected chi connectivity index (χ0v) is 18.3. The van der Waals surface area contributed by atoms with Crippen LogP contribution in [0.15, 0.2) is 60.1 Å². The first-order valence-electron chi connectivity index (χ1n) is 9.92. The van der Waals surface area contributed by atoms with Crippen LogP contribution in [0.1, 0.15) is 31.1 Å². The van der Waals surface area contributed by atoms with Gasteiger partial charge in [-0.05, 0) is 56.3 Å². The van der Waals surface area contributed by atoms with E-state index in [9.17, 15) is 9.59 Å². The third-order valence-corrected chi connectivity index (χ3v) is 5.80. The maximum atomic E-state index is 12.8. The third-order valence-electron chi connectivity index (χ3n) is 4.75. The van der Waals surface area contributed by atoms with Crippen LogP contribution in [-0.4, -0.2) is 29.5 Å². The molecule has 0 saturated heterocycles. The number of amides is 2. The van der Waals surface area contributed by atoms with E-state index in [0.717, 1.165) is 29.0 Å². The fourth-order valence-corrected chi connectivity index (χ4v) is 4.38. The Labute approximate surface area is 180 Å². The van der Waals surface area contributed by atoms with Gasteiger partial charge in [0.25, 0.3) is 5.91 Å². The molecule has 1 N–H and O–H groups in total. The SMILES string of the molecule is C=CCn1c(=NC(=O)c2ccc(N(CC)CC)cc2)sc2cc(NC(C)=O)ccc21. The van der Waals surface area contributed by atoms with Crippen molar-refractivity contribution in [2.75, 3.05) is 23.3 Å². The highest BCUT2D eigenvalue weighted by Gasteiger charge is 2.11. The molecule has 3 rings (SSSR count). The number of hydrogen-bond acceptors (Lipinski definition) is 4. The van der Waals surface area contributed by atoms with E-state index in [1.54, 1.807) is 6.08 Å². The number of thiazole rings is 1. The number of hydrogen-bond donors (Lipinski definition) is 1. The minimum atomic E-state index is -0.285. The lowest BCUT2D eigenvalue weighted by atomic mass is 10.2. The zero-order valence-electron chi connectivity index (χ0n) is 17.5. The van der Waals surface area contributed by atoms with Crippen molar-refractivity contribution >= 4 is 44.7 Å². The van der Waals surface area contributed by atoms with Crippen LogP contribution in [0.3, 0.4) is 0 Å². The Morgan fingerprint density at radius 2 is 1.87 bits per heavy atom. The molecule has 0 fully saturated rings. The molecule has 0 bridgehead atoms. The van der Waals surface area contributed by atoms with Gasteiger partial charge >= 0.3 is 0 Å². The Morgan fingerprint density at radius 3 is 2.47 bits per heavy atom. The van der Waals surface area contributed by atoms with Gasteiger partial charge in [0.15, 0.2) is 4.80 Å². The minimum absolute atomic E-state index is 0.127. The number of carbonyl (C=O) groups excluding carboxylic acids is 2. The van der Waals surface area contributed by atoms with E-state index in [1.165, 1.54) is 18.3 Å². The summed E-state index contributed by atoms with van der Waals surface area (Å²) in [5.74, 6) is -0.411. The first-order valence-corrected chi connectivity index (χ1v) is 10.7. The molecule has 6 nitrogen and oxygen atoms in total. The van der Waals surface area contributed by atoms with Gasteiger partial charge in [-0.3, -0.25) is 9.59 Å². The number of allylic oxidation sites excluding steroid dienone is 1. The number of anilines is 2. The summed E-state index contributed by atoms with van der Waals surface area (Å²) in [4.78, 5) is 31.4. The molecule has 0 aliphatic rings. The number of carbonyl (C=O) groups is 2. The molecule has 0 atom stereocenters. The molecule has 0 aliphatic heterocycles. The molecule has 0 unspecified atom stereocenters. The number of benzene rings is 2. The van der Waals surface area contributed by atoms with Crippen molar-refractivity contribution in [3.63, 3.8) is 0 Å². The van der Waals surface area contributed by atoms with E-state index < -0.39 is 0 Å². The summed E-state index contributed by atoms with van der Waals surface area (Å²) in [5, 5.41) is 2.78. The van der Waals surface area contributed by atoms with E-state index in [0.29, 0.717) is 22.6 Å². The van der Waals surface area contributed by atoms with Gasteiger partial charge in [-0.2, -0.15) is 4.99 Å². The molecule has 7 heteroatoms. The van der Waals surface area contributed by atoms with Crippen molar-refractivity contribution in [2.45, 2.75) is 27.3 Å². The number of nitrogens with zero attached hydrogens (tertiary/aromatic N) is 3. The van der Waals surface area contributed by atoms with Crippen molar-refractivity contribution in [1.82, 2.24) is 4.57 Å². The lowest BCUT2D eigenvalue weighted by Gasteiger charge is -2.20. The first-order chi connectivity index (χ1) is 14.5. The number of aromatic nitrogens is 1. The lowest BCUT2D eigenvalue weighted by Crippen LogP contribution is -2.21. The van der Waals surface area contributed by atoms with Crippen LogP contribution in [0, 0.1) is 0 Å². The smallest absolute Gasteiger partial charge is 0.279 e. The second kappa shape index (κ2) is 9.54. The van der Waals surface area contributed by atoms with Gasteiger partial charge < -0.3 is 14.8 Å². The van der Waals surface area contributed by atoms with Crippen LogP contribution in [-0.2, 0) is 11.3 Å². The Bertz CT molecular complexity index is 1140. The molecule has 1 heterocycles. The van der Waals surface area contributed by atoms with Crippen molar-refractivity contribution in [3.05, 3.63) is 65.5 Å². The van der Waals surface area contributed by atoms with E-state index in [4.69, 9.17) is 0 Å². The van der Waals surface area contributed by atoms with E-state index >= 15 is 0 Å². The monoisotopic (exact) mass is 422 g/mol. The van der Waals surface area contributed by atoms with Crippen molar-refractivity contribution in [3.8, 4) is 0 Å². The van der Waals surface area contributed by atoms with E-state index in [2.05, 4.69) is 35.6 Å². The molecule has 1 aromatic heterocycles. The van der Waals surface area contributed by atoms with Crippen LogP contribution >= 0.6 is 11.3 Å².